The highest BCUT2D eigenvalue weighted by Crippen LogP contribution is 2.28. The Hall–Kier alpha value is -3.16. The van der Waals surface area contributed by atoms with Gasteiger partial charge in [-0.15, -0.1) is 0 Å². The lowest BCUT2D eigenvalue weighted by molar-refractivity contribution is -0.119. The van der Waals surface area contributed by atoms with Gasteiger partial charge < -0.3 is 15.4 Å². The molecule has 0 saturated heterocycles. The van der Waals surface area contributed by atoms with Crippen LogP contribution in [0.1, 0.15) is 25.6 Å². The van der Waals surface area contributed by atoms with Gasteiger partial charge in [-0.2, -0.15) is 5.10 Å². The van der Waals surface area contributed by atoms with Crippen molar-refractivity contribution in [1.29, 1.82) is 0 Å². The van der Waals surface area contributed by atoms with Crippen LogP contribution in [0.2, 0.25) is 0 Å². The maximum absolute atomic E-state index is 12.5. The molecule has 2 aromatic rings. The van der Waals surface area contributed by atoms with Gasteiger partial charge >= 0.3 is 0 Å². The van der Waals surface area contributed by atoms with Gasteiger partial charge in [0.2, 0.25) is 11.8 Å². The fourth-order valence-electron chi connectivity index (χ4n) is 2.23. The molecule has 8 heteroatoms. The number of nitrogens with zero attached hydrogens (tertiary/aromatic N) is 2. The van der Waals surface area contributed by atoms with E-state index in [1.807, 2.05) is 0 Å². The quantitative estimate of drug-likeness (QED) is 0.860. The van der Waals surface area contributed by atoms with Crippen molar-refractivity contribution in [3.05, 3.63) is 46.4 Å². The molecule has 1 unspecified atom stereocenters. The van der Waals surface area contributed by atoms with Crippen molar-refractivity contribution in [3.63, 3.8) is 0 Å². The monoisotopic (exact) mass is 344 g/mol. The van der Waals surface area contributed by atoms with Crippen LogP contribution in [-0.4, -0.2) is 28.7 Å². The zero-order chi connectivity index (χ0) is 18.6. The number of methoxy groups -OCH3 is 1. The number of ether oxygens (including phenoxy) is 1. The average Bonchev–Trinajstić information content (AvgIpc) is 2.56. The standard InChI is InChI=1S/C17H20N4O4/c1-10-5-8-16(23)21(20-10)11(2)17(24)19-14-9-13(18-12(3)22)6-7-15(14)25-4/h5-9,11H,1-4H3,(H,18,22)(H,19,24). The molecule has 0 aliphatic rings. The zero-order valence-electron chi connectivity index (χ0n) is 14.5. The minimum Gasteiger partial charge on any atom is -0.495 e. The summed E-state index contributed by atoms with van der Waals surface area (Å²) in [6.07, 6.45) is 0. The number of aryl methyl sites for hydroxylation is 1. The van der Waals surface area contributed by atoms with Crippen LogP contribution in [0.3, 0.4) is 0 Å². The first-order chi connectivity index (χ1) is 11.8. The lowest BCUT2D eigenvalue weighted by Crippen LogP contribution is -2.33. The Kier molecular flexibility index (Phi) is 5.53. The van der Waals surface area contributed by atoms with Crippen molar-refractivity contribution in [3.8, 4) is 5.75 Å². The van der Waals surface area contributed by atoms with Crippen LogP contribution in [0.5, 0.6) is 5.75 Å². The van der Waals surface area contributed by atoms with E-state index >= 15 is 0 Å². The Bertz CT molecular complexity index is 860. The summed E-state index contributed by atoms with van der Waals surface area (Å²) in [6.45, 7) is 4.70. The molecule has 1 aromatic heterocycles. The van der Waals surface area contributed by atoms with Gasteiger partial charge in [0.25, 0.3) is 5.56 Å². The normalized spacial score (nSPS) is 11.5. The van der Waals surface area contributed by atoms with E-state index in [0.717, 1.165) is 4.68 Å². The van der Waals surface area contributed by atoms with Crippen LogP contribution in [0.4, 0.5) is 11.4 Å². The Labute approximate surface area is 144 Å². The number of amides is 2. The van der Waals surface area contributed by atoms with Gasteiger partial charge in [0.05, 0.1) is 18.5 Å². The average molecular weight is 344 g/mol. The first-order valence-electron chi connectivity index (χ1n) is 7.64. The molecule has 0 fully saturated rings. The molecule has 1 aromatic carbocycles. The van der Waals surface area contributed by atoms with E-state index < -0.39 is 11.9 Å². The minimum absolute atomic E-state index is 0.230. The zero-order valence-corrected chi connectivity index (χ0v) is 14.5. The third kappa shape index (κ3) is 4.43. The number of rotatable bonds is 5. The fourth-order valence-corrected chi connectivity index (χ4v) is 2.23. The number of benzene rings is 1. The SMILES string of the molecule is COc1ccc(NC(C)=O)cc1NC(=O)C(C)n1nc(C)ccc1=O. The Morgan fingerprint density at radius 2 is 1.92 bits per heavy atom. The summed E-state index contributed by atoms with van der Waals surface area (Å²) in [4.78, 5) is 35.6. The molecule has 2 amide bonds. The smallest absolute Gasteiger partial charge is 0.267 e. The largest absolute Gasteiger partial charge is 0.495 e. The minimum atomic E-state index is -0.818. The van der Waals surface area contributed by atoms with Crippen molar-refractivity contribution < 1.29 is 14.3 Å². The van der Waals surface area contributed by atoms with Gasteiger partial charge in [0.15, 0.2) is 0 Å². The number of aromatic nitrogens is 2. The molecule has 1 heterocycles. The van der Waals surface area contributed by atoms with E-state index in [0.29, 0.717) is 22.8 Å². The molecule has 0 radical (unpaired) electrons. The van der Waals surface area contributed by atoms with E-state index in [2.05, 4.69) is 15.7 Å². The molecule has 132 valence electrons. The molecule has 0 bridgehead atoms. The number of hydrogen-bond acceptors (Lipinski definition) is 5. The molecule has 0 aliphatic carbocycles. The van der Waals surface area contributed by atoms with Crippen molar-refractivity contribution in [1.82, 2.24) is 9.78 Å². The van der Waals surface area contributed by atoms with Crippen LogP contribution >= 0.6 is 0 Å². The molecule has 0 spiro atoms. The summed E-state index contributed by atoms with van der Waals surface area (Å²) in [5.74, 6) is -0.232. The van der Waals surface area contributed by atoms with Crippen LogP contribution in [0, 0.1) is 6.92 Å². The summed E-state index contributed by atoms with van der Waals surface area (Å²) in [5.41, 5.74) is 1.16. The third-order valence-corrected chi connectivity index (χ3v) is 3.48. The highest BCUT2D eigenvalue weighted by Gasteiger charge is 2.19. The number of nitrogens with one attached hydrogen (secondary N) is 2. The number of carbonyl (C=O) groups excluding carboxylic acids is 2. The Morgan fingerprint density at radius 1 is 1.20 bits per heavy atom. The topological polar surface area (TPSA) is 102 Å². The highest BCUT2D eigenvalue weighted by molar-refractivity contribution is 5.96. The van der Waals surface area contributed by atoms with Crippen LogP contribution in [0.15, 0.2) is 35.1 Å². The molecular weight excluding hydrogens is 324 g/mol. The van der Waals surface area contributed by atoms with E-state index in [1.165, 1.54) is 20.1 Å². The molecule has 8 nitrogen and oxygen atoms in total. The predicted molar refractivity (Wildman–Crippen MR) is 93.9 cm³/mol. The summed E-state index contributed by atoms with van der Waals surface area (Å²) in [5, 5.41) is 9.43. The maximum Gasteiger partial charge on any atom is 0.267 e. The van der Waals surface area contributed by atoms with Crippen molar-refractivity contribution in [2.24, 2.45) is 0 Å². The predicted octanol–water partition coefficient (Wildman–Crippen LogP) is 1.72. The lowest BCUT2D eigenvalue weighted by Gasteiger charge is -2.16. The molecule has 2 rings (SSSR count). The summed E-state index contributed by atoms with van der Waals surface area (Å²) in [7, 11) is 1.47. The van der Waals surface area contributed by atoms with Crippen molar-refractivity contribution in [2.45, 2.75) is 26.8 Å². The Morgan fingerprint density at radius 3 is 2.56 bits per heavy atom. The van der Waals surface area contributed by atoms with Crippen molar-refractivity contribution in [2.75, 3.05) is 17.7 Å². The van der Waals surface area contributed by atoms with E-state index in [4.69, 9.17) is 4.74 Å². The van der Waals surface area contributed by atoms with Gasteiger partial charge in [0.1, 0.15) is 11.8 Å². The first kappa shape index (κ1) is 18.2. The lowest BCUT2D eigenvalue weighted by atomic mass is 10.2. The van der Waals surface area contributed by atoms with E-state index in [1.54, 1.807) is 38.1 Å². The highest BCUT2D eigenvalue weighted by atomic mass is 16.5. The van der Waals surface area contributed by atoms with E-state index in [-0.39, 0.29) is 11.5 Å². The van der Waals surface area contributed by atoms with Gasteiger partial charge in [-0.25, -0.2) is 4.68 Å². The summed E-state index contributed by atoms with van der Waals surface area (Å²) in [6, 6.07) is 7.00. The summed E-state index contributed by atoms with van der Waals surface area (Å²) >= 11 is 0. The first-order valence-corrected chi connectivity index (χ1v) is 7.64. The molecular formula is C17H20N4O4. The third-order valence-electron chi connectivity index (χ3n) is 3.48. The van der Waals surface area contributed by atoms with Crippen LogP contribution in [0.25, 0.3) is 0 Å². The second-order valence-electron chi connectivity index (χ2n) is 5.52. The fraction of sp³-hybridized carbons (Fsp3) is 0.294. The number of anilines is 2. The van der Waals surface area contributed by atoms with Crippen LogP contribution in [-0.2, 0) is 9.59 Å². The molecule has 0 saturated carbocycles. The van der Waals surface area contributed by atoms with Gasteiger partial charge in [-0.1, -0.05) is 0 Å². The molecule has 1 atom stereocenters. The maximum atomic E-state index is 12.5. The Balaban J connectivity index is 2.28. The molecule has 0 aliphatic heterocycles. The van der Waals surface area contributed by atoms with Crippen molar-refractivity contribution >= 4 is 23.2 Å². The van der Waals surface area contributed by atoms with E-state index in [9.17, 15) is 14.4 Å². The molecule has 2 N–H and O–H groups in total. The summed E-state index contributed by atoms with van der Waals surface area (Å²) < 4.78 is 6.34. The van der Waals surface area contributed by atoms with Gasteiger partial charge in [0, 0.05) is 18.7 Å². The van der Waals surface area contributed by atoms with Gasteiger partial charge in [-0.3, -0.25) is 14.4 Å². The molecule has 25 heavy (non-hydrogen) atoms. The van der Waals surface area contributed by atoms with Gasteiger partial charge in [-0.05, 0) is 38.1 Å². The van der Waals surface area contributed by atoms with Crippen LogP contribution < -0.4 is 20.9 Å². The second-order valence-corrected chi connectivity index (χ2v) is 5.52. The second kappa shape index (κ2) is 7.61. The number of hydrogen-bond donors (Lipinski definition) is 2. The number of carbonyl (C=O) groups is 2.